The van der Waals surface area contributed by atoms with Crippen LogP contribution < -0.4 is 5.32 Å². The number of carbonyl (C=O) groups is 1. The fourth-order valence-corrected chi connectivity index (χ4v) is 1.52. The van der Waals surface area contributed by atoms with Gasteiger partial charge in [-0.25, -0.2) is 0 Å². The Balaban J connectivity index is 2.85. The van der Waals surface area contributed by atoms with Crippen LogP contribution >= 0.6 is 11.6 Å². The summed E-state index contributed by atoms with van der Waals surface area (Å²) in [7, 11) is 0. The minimum atomic E-state index is -0.611. The lowest BCUT2D eigenvalue weighted by molar-refractivity contribution is -0.384. The van der Waals surface area contributed by atoms with Crippen molar-refractivity contribution in [1.82, 2.24) is 5.32 Å². The van der Waals surface area contributed by atoms with Crippen molar-refractivity contribution in [2.75, 3.05) is 13.2 Å². The second kappa shape index (κ2) is 5.99. The van der Waals surface area contributed by atoms with Crippen molar-refractivity contribution in [1.29, 1.82) is 0 Å². The summed E-state index contributed by atoms with van der Waals surface area (Å²) >= 11 is 5.73. The molecule has 19 heavy (non-hydrogen) atoms. The number of amides is 1. The minimum Gasteiger partial charge on any atom is -0.396 e. The van der Waals surface area contributed by atoms with Crippen molar-refractivity contribution in [3.63, 3.8) is 0 Å². The van der Waals surface area contributed by atoms with Gasteiger partial charge in [0.15, 0.2) is 0 Å². The van der Waals surface area contributed by atoms with Crippen LogP contribution in [0.5, 0.6) is 0 Å². The van der Waals surface area contributed by atoms with Crippen molar-refractivity contribution in [3.05, 3.63) is 38.9 Å². The van der Waals surface area contributed by atoms with Gasteiger partial charge in [-0.1, -0.05) is 25.4 Å². The van der Waals surface area contributed by atoms with Crippen molar-refractivity contribution >= 4 is 23.2 Å². The lowest BCUT2D eigenvalue weighted by Gasteiger charge is -2.21. The number of nitrogens with zero attached hydrogens (tertiary/aromatic N) is 1. The van der Waals surface area contributed by atoms with E-state index in [0.29, 0.717) is 0 Å². The third-order valence-corrected chi connectivity index (χ3v) is 2.73. The number of non-ortho nitro benzene ring substituents is 1. The van der Waals surface area contributed by atoms with E-state index in [1.54, 1.807) is 13.8 Å². The van der Waals surface area contributed by atoms with Gasteiger partial charge in [-0.05, 0) is 6.07 Å². The van der Waals surface area contributed by atoms with Crippen LogP contribution in [0.15, 0.2) is 18.2 Å². The van der Waals surface area contributed by atoms with E-state index in [-0.39, 0.29) is 29.4 Å². The van der Waals surface area contributed by atoms with E-state index in [1.807, 2.05) is 0 Å². The van der Waals surface area contributed by atoms with E-state index in [1.165, 1.54) is 12.1 Å². The van der Waals surface area contributed by atoms with E-state index < -0.39 is 16.2 Å². The maximum absolute atomic E-state index is 11.9. The molecule has 1 amide bonds. The Morgan fingerprint density at radius 1 is 1.47 bits per heavy atom. The molecule has 2 N–H and O–H groups in total. The number of nitro groups is 1. The van der Waals surface area contributed by atoms with Crippen molar-refractivity contribution in [2.45, 2.75) is 13.8 Å². The molecule has 7 heteroatoms. The van der Waals surface area contributed by atoms with Crippen molar-refractivity contribution in [2.24, 2.45) is 5.41 Å². The molecule has 0 aliphatic heterocycles. The molecular formula is C12H15ClN2O4. The van der Waals surface area contributed by atoms with E-state index in [4.69, 9.17) is 16.7 Å². The van der Waals surface area contributed by atoms with Crippen LogP contribution in [0, 0.1) is 15.5 Å². The standard InChI is InChI=1S/C12H15ClN2O4/c1-12(2,7-16)6-14-11(17)8-3-9(13)5-10(4-8)15(18)19/h3-5,16H,6-7H2,1-2H3,(H,14,17). The Hall–Kier alpha value is -1.66. The maximum Gasteiger partial charge on any atom is 0.271 e. The molecule has 0 saturated heterocycles. The number of benzene rings is 1. The highest BCUT2D eigenvalue weighted by Gasteiger charge is 2.19. The highest BCUT2D eigenvalue weighted by molar-refractivity contribution is 6.31. The molecule has 0 bridgehead atoms. The fourth-order valence-electron chi connectivity index (χ4n) is 1.29. The molecular weight excluding hydrogens is 272 g/mol. The zero-order chi connectivity index (χ0) is 14.6. The third-order valence-electron chi connectivity index (χ3n) is 2.51. The van der Waals surface area contributed by atoms with Crippen LogP contribution in [0.3, 0.4) is 0 Å². The Morgan fingerprint density at radius 3 is 2.63 bits per heavy atom. The summed E-state index contributed by atoms with van der Waals surface area (Å²) in [5.74, 6) is -0.466. The summed E-state index contributed by atoms with van der Waals surface area (Å²) in [5.41, 5.74) is -0.577. The summed E-state index contributed by atoms with van der Waals surface area (Å²) < 4.78 is 0. The van der Waals surface area contributed by atoms with Gasteiger partial charge in [0.1, 0.15) is 0 Å². The first-order valence-corrected chi connectivity index (χ1v) is 5.97. The zero-order valence-electron chi connectivity index (χ0n) is 10.6. The van der Waals surface area contributed by atoms with Gasteiger partial charge >= 0.3 is 0 Å². The second-order valence-corrected chi connectivity index (χ2v) is 5.40. The third kappa shape index (κ3) is 4.50. The monoisotopic (exact) mass is 286 g/mol. The van der Waals surface area contributed by atoms with Gasteiger partial charge in [-0.3, -0.25) is 14.9 Å². The lowest BCUT2D eigenvalue weighted by Crippen LogP contribution is -2.36. The van der Waals surface area contributed by atoms with Crippen molar-refractivity contribution in [3.8, 4) is 0 Å². The molecule has 6 nitrogen and oxygen atoms in total. The molecule has 0 aromatic heterocycles. The predicted octanol–water partition coefficient (Wildman–Crippen LogP) is 2.00. The van der Waals surface area contributed by atoms with E-state index in [9.17, 15) is 14.9 Å². The number of carbonyl (C=O) groups excluding carboxylic acids is 1. The van der Waals surface area contributed by atoms with Crippen LogP contribution in [0.4, 0.5) is 5.69 Å². The first-order chi connectivity index (χ1) is 8.75. The number of halogens is 1. The van der Waals surface area contributed by atoms with Crippen LogP contribution in [-0.2, 0) is 0 Å². The van der Waals surface area contributed by atoms with Gasteiger partial charge < -0.3 is 10.4 Å². The van der Waals surface area contributed by atoms with Gasteiger partial charge in [0, 0.05) is 41.3 Å². The number of rotatable bonds is 5. The molecule has 0 radical (unpaired) electrons. The Bertz CT molecular complexity index is 503. The topological polar surface area (TPSA) is 92.5 Å². The normalized spacial score (nSPS) is 11.2. The van der Waals surface area contributed by atoms with Crippen LogP contribution in [0.25, 0.3) is 0 Å². The Kier molecular flexibility index (Phi) is 4.85. The molecule has 0 unspecified atom stereocenters. The molecule has 104 valence electrons. The highest BCUT2D eigenvalue weighted by Crippen LogP contribution is 2.21. The number of hydrogen-bond donors (Lipinski definition) is 2. The van der Waals surface area contributed by atoms with E-state index >= 15 is 0 Å². The van der Waals surface area contributed by atoms with Gasteiger partial charge in [-0.2, -0.15) is 0 Å². The van der Waals surface area contributed by atoms with Gasteiger partial charge in [0.25, 0.3) is 11.6 Å². The Morgan fingerprint density at radius 2 is 2.11 bits per heavy atom. The lowest BCUT2D eigenvalue weighted by atomic mass is 9.95. The first kappa shape index (κ1) is 15.4. The quantitative estimate of drug-likeness (QED) is 0.639. The molecule has 1 rings (SSSR count). The SMILES string of the molecule is CC(C)(CO)CNC(=O)c1cc(Cl)cc([N+](=O)[O-])c1. The largest absolute Gasteiger partial charge is 0.396 e. The zero-order valence-corrected chi connectivity index (χ0v) is 11.4. The summed E-state index contributed by atoms with van der Waals surface area (Å²) in [6, 6.07) is 3.69. The number of nitrogens with one attached hydrogen (secondary N) is 1. The number of aliphatic hydroxyl groups excluding tert-OH is 1. The fraction of sp³-hybridized carbons (Fsp3) is 0.417. The summed E-state index contributed by atoms with van der Waals surface area (Å²) in [4.78, 5) is 21.9. The molecule has 0 aliphatic rings. The first-order valence-electron chi connectivity index (χ1n) is 5.59. The summed E-state index contributed by atoms with van der Waals surface area (Å²) in [6.45, 7) is 3.74. The highest BCUT2D eigenvalue weighted by atomic mass is 35.5. The maximum atomic E-state index is 11.9. The minimum absolute atomic E-state index is 0.0804. The van der Waals surface area contributed by atoms with Gasteiger partial charge in [0.2, 0.25) is 0 Å². The number of aliphatic hydroxyl groups is 1. The molecule has 0 atom stereocenters. The van der Waals surface area contributed by atoms with Crippen LogP contribution in [-0.4, -0.2) is 29.1 Å². The van der Waals surface area contributed by atoms with Crippen LogP contribution in [0.1, 0.15) is 24.2 Å². The van der Waals surface area contributed by atoms with Gasteiger partial charge in [-0.15, -0.1) is 0 Å². The second-order valence-electron chi connectivity index (χ2n) is 4.96. The number of nitro benzene ring substituents is 1. The molecule has 0 spiro atoms. The van der Waals surface area contributed by atoms with Crippen molar-refractivity contribution < 1.29 is 14.8 Å². The molecule has 0 saturated carbocycles. The van der Waals surface area contributed by atoms with Crippen LogP contribution in [0.2, 0.25) is 5.02 Å². The van der Waals surface area contributed by atoms with E-state index in [2.05, 4.69) is 5.32 Å². The molecule has 0 fully saturated rings. The molecule has 0 heterocycles. The van der Waals surface area contributed by atoms with Gasteiger partial charge in [0.05, 0.1) is 4.92 Å². The molecule has 1 aromatic rings. The average Bonchev–Trinajstić information content (AvgIpc) is 2.35. The predicted molar refractivity (Wildman–Crippen MR) is 71.3 cm³/mol. The number of hydrogen-bond acceptors (Lipinski definition) is 4. The summed E-state index contributed by atoms with van der Waals surface area (Å²) in [5, 5.41) is 22.5. The molecule has 1 aromatic carbocycles. The summed E-state index contributed by atoms with van der Waals surface area (Å²) in [6.07, 6.45) is 0. The Labute approximate surface area is 115 Å². The average molecular weight is 287 g/mol. The molecule has 0 aliphatic carbocycles. The van der Waals surface area contributed by atoms with E-state index in [0.717, 1.165) is 6.07 Å². The smallest absolute Gasteiger partial charge is 0.271 e.